The molecule has 0 atom stereocenters. The zero-order chi connectivity index (χ0) is 15.4. The normalized spacial score (nSPS) is 10.6. The maximum absolute atomic E-state index is 10.9. The van der Waals surface area contributed by atoms with Crippen LogP contribution in [0.2, 0.25) is 0 Å². The largest absolute Gasteiger partial charge is 1.00 e. The van der Waals surface area contributed by atoms with E-state index in [1.165, 1.54) is 16.3 Å². The summed E-state index contributed by atoms with van der Waals surface area (Å²) in [5.41, 5.74) is 7.44. The number of hydrogen-bond acceptors (Lipinski definition) is 1. The highest BCUT2D eigenvalue weighted by Gasteiger charge is 2.03. The Kier molecular flexibility index (Phi) is 5.87. The van der Waals surface area contributed by atoms with Crippen molar-refractivity contribution < 1.29 is 33.3 Å². The zero-order valence-electron chi connectivity index (χ0n) is 12.5. The van der Waals surface area contributed by atoms with Gasteiger partial charge in [-0.25, -0.2) is 0 Å². The summed E-state index contributed by atoms with van der Waals surface area (Å²) in [4.78, 5) is 10.9. The van der Waals surface area contributed by atoms with Gasteiger partial charge in [0.25, 0.3) is 5.91 Å². The van der Waals surface area contributed by atoms with Gasteiger partial charge in [-0.1, -0.05) is 54.6 Å². The lowest BCUT2D eigenvalue weighted by Crippen LogP contribution is -3.00. The molecular formula is C19H17IN2O. The molecule has 4 heteroatoms. The first-order valence-corrected chi connectivity index (χ1v) is 7.16. The fourth-order valence-electron chi connectivity index (χ4n) is 2.45. The van der Waals surface area contributed by atoms with Crippen LogP contribution in [0.5, 0.6) is 0 Å². The van der Waals surface area contributed by atoms with Gasteiger partial charge in [0.2, 0.25) is 6.54 Å². The minimum Gasteiger partial charge on any atom is -1.00 e. The maximum atomic E-state index is 10.9. The molecule has 0 bridgehead atoms. The molecule has 0 aliphatic heterocycles. The lowest BCUT2D eigenvalue weighted by molar-refractivity contribution is -0.684. The average Bonchev–Trinajstić information content (AvgIpc) is 2.54. The van der Waals surface area contributed by atoms with Crippen molar-refractivity contribution in [2.24, 2.45) is 5.73 Å². The van der Waals surface area contributed by atoms with Crippen LogP contribution in [-0.4, -0.2) is 5.91 Å². The summed E-state index contributed by atoms with van der Waals surface area (Å²) in [7, 11) is 0. The number of aromatic nitrogens is 1. The molecule has 0 saturated carbocycles. The smallest absolute Gasteiger partial charge is 0.283 e. The molecule has 0 unspecified atom stereocenters. The molecule has 1 heterocycles. The molecule has 0 radical (unpaired) electrons. The topological polar surface area (TPSA) is 47.0 Å². The van der Waals surface area contributed by atoms with E-state index >= 15 is 0 Å². The van der Waals surface area contributed by atoms with Crippen molar-refractivity contribution in [2.75, 3.05) is 0 Å². The van der Waals surface area contributed by atoms with Crippen LogP contribution in [0.4, 0.5) is 0 Å². The first-order chi connectivity index (χ1) is 10.7. The van der Waals surface area contributed by atoms with Crippen molar-refractivity contribution in [2.45, 2.75) is 6.54 Å². The molecule has 2 N–H and O–H groups in total. The van der Waals surface area contributed by atoms with Gasteiger partial charge < -0.3 is 29.7 Å². The lowest BCUT2D eigenvalue weighted by atomic mass is 10.0. The Morgan fingerprint density at radius 1 is 0.957 bits per heavy atom. The Morgan fingerprint density at radius 3 is 2.39 bits per heavy atom. The molecule has 3 rings (SSSR count). The van der Waals surface area contributed by atoms with Crippen molar-refractivity contribution in [1.82, 2.24) is 0 Å². The van der Waals surface area contributed by atoms with Crippen molar-refractivity contribution in [3.63, 3.8) is 0 Å². The van der Waals surface area contributed by atoms with Crippen LogP contribution in [0.25, 0.3) is 22.9 Å². The number of nitrogens with two attached hydrogens (primary N) is 1. The Morgan fingerprint density at radius 2 is 1.65 bits per heavy atom. The maximum Gasteiger partial charge on any atom is 0.283 e. The van der Waals surface area contributed by atoms with E-state index in [4.69, 9.17) is 5.73 Å². The second kappa shape index (κ2) is 7.87. The number of fused-ring (bicyclic) bond motifs is 1. The van der Waals surface area contributed by atoms with Gasteiger partial charge in [0, 0.05) is 12.1 Å². The van der Waals surface area contributed by atoms with Gasteiger partial charge in [0.05, 0.1) is 0 Å². The monoisotopic (exact) mass is 416 g/mol. The lowest BCUT2D eigenvalue weighted by Gasteiger charge is -2.01. The highest BCUT2D eigenvalue weighted by molar-refractivity contribution is 5.92. The summed E-state index contributed by atoms with van der Waals surface area (Å²) in [5, 5.41) is 2.47. The quantitative estimate of drug-likeness (QED) is 0.465. The zero-order valence-corrected chi connectivity index (χ0v) is 14.7. The van der Waals surface area contributed by atoms with Gasteiger partial charge in [-0.2, -0.15) is 4.57 Å². The predicted molar refractivity (Wildman–Crippen MR) is 88.7 cm³/mol. The molecule has 3 aromatic rings. The molecule has 0 fully saturated rings. The predicted octanol–water partition coefficient (Wildman–Crippen LogP) is -0.213. The van der Waals surface area contributed by atoms with Crippen molar-refractivity contribution in [1.29, 1.82) is 0 Å². The number of nitrogens with zero attached hydrogens (tertiary/aromatic N) is 1. The van der Waals surface area contributed by atoms with Crippen LogP contribution in [0.15, 0.2) is 67.0 Å². The molecule has 1 aromatic heterocycles. The number of primary amides is 1. The summed E-state index contributed by atoms with van der Waals surface area (Å²) in [6, 6.07) is 18.5. The Balaban J connectivity index is 0.00000192. The number of carbonyl (C=O) groups is 1. The summed E-state index contributed by atoms with van der Waals surface area (Å²) in [6.45, 7) is 0.202. The Labute approximate surface area is 152 Å². The highest BCUT2D eigenvalue weighted by Crippen LogP contribution is 2.20. The number of halogens is 1. The van der Waals surface area contributed by atoms with Crippen LogP contribution >= 0.6 is 0 Å². The standard InChI is InChI=1S/C19H16N2O.HI/c20-19(22)14-21-12-10-15(11-13-21)8-9-17-6-3-5-16-4-1-2-7-18(16)17;/h1-13H,14H2,(H-,20,22);1H/b9-8+;. The van der Waals surface area contributed by atoms with Gasteiger partial charge >= 0.3 is 0 Å². The van der Waals surface area contributed by atoms with Gasteiger partial charge in [0.1, 0.15) is 0 Å². The van der Waals surface area contributed by atoms with Crippen molar-refractivity contribution in [3.8, 4) is 0 Å². The summed E-state index contributed by atoms with van der Waals surface area (Å²) < 4.78 is 1.76. The van der Waals surface area contributed by atoms with Crippen molar-refractivity contribution >= 4 is 28.8 Å². The second-order valence-electron chi connectivity index (χ2n) is 5.17. The van der Waals surface area contributed by atoms with Gasteiger partial charge in [0.15, 0.2) is 12.4 Å². The number of rotatable bonds is 4. The average molecular weight is 416 g/mol. The molecule has 0 saturated heterocycles. The van der Waals surface area contributed by atoms with E-state index in [0.29, 0.717) is 0 Å². The van der Waals surface area contributed by atoms with E-state index in [2.05, 4.69) is 48.6 Å². The van der Waals surface area contributed by atoms with Crippen LogP contribution in [0, 0.1) is 0 Å². The van der Waals surface area contributed by atoms with Crippen LogP contribution in [-0.2, 0) is 11.3 Å². The Bertz CT molecular complexity index is 836. The summed E-state index contributed by atoms with van der Waals surface area (Å²) in [6.07, 6.45) is 7.88. The van der Waals surface area contributed by atoms with E-state index in [1.807, 2.05) is 30.6 Å². The first kappa shape index (κ1) is 17.1. The molecule has 23 heavy (non-hydrogen) atoms. The third kappa shape index (κ3) is 4.39. The number of pyridine rings is 1. The first-order valence-electron chi connectivity index (χ1n) is 7.16. The minimum atomic E-state index is -0.343. The molecule has 116 valence electrons. The van der Waals surface area contributed by atoms with E-state index in [-0.39, 0.29) is 36.4 Å². The third-order valence-electron chi connectivity index (χ3n) is 3.53. The van der Waals surface area contributed by atoms with E-state index < -0.39 is 0 Å². The van der Waals surface area contributed by atoms with Crippen LogP contribution < -0.4 is 34.3 Å². The molecule has 0 spiro atoms. The molecule has 2 aromatic carbocycles. The SMILES string of the molecule is NC(=O)C[n+]1ccc(/C=C/c2cccc3ccccc23)cc1.[I-]. The number of carbonyl (C=O) groups excluding carboxylic acids is 1. The second-order valence-corrected chi connectivity index (χ2v) is 5.17. The Hall–Kier alpha value is -2.21. The minimum absolute atomic E-state index is 0. The highest BCUT2D eigenvalue weighted by atomic mass is 127. The molecule has 1 amide bonds. The molecule has 3 nitrogen and oxygen atoms in total. The molecular weight excluding hydrogens is 399 g/mol. The molecule has 0 aliphatic rings. The summed E-state index contributed by atoms with van der Waals surface area (Å²) >= 11 is 0. The fourth-order valence-corrected chi connectivity index (χ4v) is 2.45. The van der Waals surface area contributed by atoms with Crippen LogP contribution in [0.3, 0.4) is 0 Å². The summed E-state index contributed by atoms with van der Waals surface area (Å²) in [5.74, 6) is -0.343. The van der Waals surface area contributed by atoms with Crippen molar-refractivity contribution in [3.05, 3.63) is 78.1 Å². The number of benzene rings is 2. The van der Waals surface area contributed by atoms with E-state index in [9.17, 15) is 4.79 Å². The van der Waals surface area contributed by atoms with E-state index in [1.54, 1.807) is 4.57 Å². The van der Waals surface area contributed by atoms with Gasteiger partial charge in [-0.15, -0.1) is 0 Å². The number of amides is 1. The van der Waals surface area contributed by atoms with Gasteiger partial charge in [-0.05, 0) is 21.9 Å². The van der Waals surface area contributed by atoms with Crippen LogP contribution in [0.1, 0.15) is 11.1 Å². The fraction of sp³-hybridized carbons (Fsp3) is 0.0526. The number of hydrogen-bond donors (Lipinski definition) is 1. The molecule has 0 aliphatic carbocycles. The van der Waals surface area contributed by atoms with E-state index in [0.717, 1.165) is 5.56 Å². The third-order valence-corrected chi connectivity index (χ3v) is 3.53. The van der Waals surface area contributed by atoms with Gasteiger partial charge in [-0.3, -0.25) is 4.79 Å².